The van der Waals surface area contributed by atoms with E-state index in [0.717, 1.165) is 11.1 Å². The monoisotopic (exact) mass is 351 g/mol. The molecule has 1 aliphatic heterocycles. The second-order valence-electron chi connectivity index (χ2n) is 5.94. The molecule has 3 rings (SSSR count). The number of hydrogen-bond donors (Lipinski definition) is 1. The Morgan fingerprint density at radius 2 is 1.85 bits per heavy atom. The van der Waals surface area contributed by atoms with Crippen LogP contribution in [0.2, 0.25) is 0 Å². The summed E-state index contributed by atoms with van der Waals surface area (Å²) in [4.78, 5) is 31.0. The van der Waals surface area contributed by atoms with E-state index in [1.165, 1.54) is 4.90 Å². The summed E-state index contributed by atoms with van der Waals surface area (Å²) in [5.41, 5.74) is 8.88. The molecule has 0 saturated carbocycles. The van der Waals surface area contributed by atoms with Crippen LogP contribution >= 0.6 is 0 Å². The minimum Gasteiger partial charge on any atom is -0.464 e. The molecule has 6 heteroatoms. The molecule has 2 aromatic rings. The summed E-state index contributed by atoms with van der Waals surface area (Å²) in [6, 6.07) is 16.1. The van der Waals surface area contributed by atoms with Gasteiger partial charge in [-0.1, -0.05) is 48.5 Å². The molecular formula is C20H21N3O3. The minimum absolute atomic E-state index is 0.241. The van der Waals surface area contributed by atoms with Gasteiger partial charge in [-0.25, -0.2) is 4.79 Å². The lowest BCUT2D eigenvalue weighted by Gasteiger charge is -2.28. The molecule has 0 bridgehead atoms. The highest BCUT2D eigenvalue weighted by molar-refractivity contribution is 6.20. The fourth-order valence-corrected chi connectivity index (χ4v) is 3.00. The standard InChI is InChI=1S/C20H21N3O3/c1-3-26-20(25)13(2)23-16-12-8-7-11-15(16)17(22-18(21)19(23)24)14-9-5-4-6-10-14/h4-13,18H,3,21H2,1-2H3/t13-,18+/m0/s1. The van der Waals surface area contributed by atoms with E-state index < -0.39 is 24.1 Å². The van der Waals surface area contributed by atoms with E-state index >= 15 is 0 Å². The summed E-state index contributed by atoms with van der Waals surface area (Å²) in [7, 11) is 0. The summed E-state index contributed by atoms with van der Waals surface area (Å²) in [5, 5.41) is 0. The normalized spacial score (nSPS) is 17.8. The van der Waals surface area contributed by atoms with Gasteiger partial charge in [0.2, 0.25) is 0 Å². The molecule has 0 aromatic heterocycles. The maximum atomic E-state index is 12.9. The average Bonchev–Trinajstić information content (AvgIpc) is 2.77. The molecular weight excluding hydrogens is 330 g/mol. The van der Waals surface area contributed by atoms with Crippen molar-refractivity contribution in [2.45, 2.75) is 26.1 Å². The van der Waals surface area contributed by atoms with Gasteiger partial charge in [0.1, 0.15) is 6.04 Å². The molecule has 1 aliphatic rings. The number of para-hydroxylation sites is 1. The Morgan fingerprint density at radius 3 is 2.54 bits per heavy atom. The zero-order valence-electron chi connectivity index (χ0n) is 14.8. The molecule has 2 aromatic carbocycles. The number of esters is 1. The number of nitrogens with two attached hydrogens (primary N) is 1. The van der Waals surface area contributed by atoms with Crippen LogP contribution in [-0.4, -0.2) is 36.4 Å². The van der Waals surface area contributed by atoms with Crippen molar-refractivity contribution in [2.24, 2.45) is 10.7 Å². The number of benzene rings is 2. The molecule has 6 nitrogen and oxygen atoms in total. The number of nitrogens with zero attached hydrogens (tertiary/aromatic N) is 2. The number of benzodiazepines with no additional fused rings is 1. The number of carbonyl (C=O) groups is 2. The Hall–Kier alpha value is -2.99. The third kappa shape index (κ3) is 3.23. The first-order valence-corrected chi connectivity index (χ1v) is 8.52. The van der Waals surface area contributed by atoms with Crippen LogP contribution in [0.15, 0.2) is 59.6 Å². The highest BCUT2D eigenvalue weighted by atomic mass is 16.5. The van der Waals surface area contributed by atoms with Gasteiger partial charge < -0.3 is 10.5 Å². The minimum atomic E-state index is -1.10. The molecule has 0 radical (unpaired) electrons. The topological polar surface area (TPSA) is 85.0 Å². The van der Waals surface area contributed by atoms with Crippen LogP contribution in [0, 0.1) is 0 Å². The van der Waals surface area contributed by atoms with E-state index in [4.69, 9.17) is 10.5 Å². The van der Waals surface area contributed by atoms with Crippen molar-refractivity contribution in [3.8, 4) is 0 Å². The quantitative estimate of drug-likeness (QED) is 0.855. The van der Waals surface area contributed by atoms with Crippen molar-refractivity contribution in [3.63, 3.8) is 0 Å². The Morgan fingerprint density at radius 1 is 1.19 bits per heavy atom. The van der Waals surface area contributed by atoms with Crippen LogP contribution in [0.4, 0.5) is 5.69 Å². The number of hydrogen-bond acceptors (Lipinski definition) is 5. The summed E-state index contributed by atoms with van der Waals surface area (Å²) in [5.74, 6) is -0.921. The SMILES string of the molecule is CCOC(=O)[C@H](C)N1C(=O)[C@H](N)N=C(c2ccccc2)c2ccccc21. The average molecular weight is 351 g/mol. The summed E-state index contributed by atoms with van der Waals surface area (Å²) in [6.07, 6.45) is -1.10. The van der Waals surface area contributed by atoms with Crippen molar-refractivity contribution in [3.05, 3.63) is 65.7 Å². The zero-order valence-corrected chi connectivity index (χ0v) is 14.8. The van der Waals surface area contributed by atoms with Gasteiger partial charge >= 0.3 is 5.97 Å². The third-order valence-electron chi connectivity index (χ3n) is 4.24. The second-order valence-corrected chi connectivity index (χ2v) is 5.94. The smallest absolute Gasteiger partial charge is 0.328 e. The van der Waals surface area contributed by atoms with Gasteiger partial charge in [-0.2, -0.15) is 0 Å². The van der Waals surface area contributed by atoms with Gasteiger partial charge in [0.25, 0.3) is 5.91 Å². The summed E-state index contributed by atoms with van der Waals surface area (Å²) in [6.45, 7) is 3.60. The van der Waals surface area contributed by atoms with Gasteiger partial charge in [-0.3, -0.25) is 14.7 Å². The molecule has 0 spiro atoms. The van der Waals surface area contributed by atoms with Gasteiger partial charge in [0.15, 0.2) is 6.17 Å². The van der Waals surface area contributed by atoms with Crippen LogP contribution in [-0.2, 0) is 14.3 Å². The van der Waals surface area contributed by atoms with Crippen molar-refractivity contribution in [1.29, 1.82) is 0 Å². The maximum Gasteiger partial charge on any atom is 0.328 e. The van der Waals surface area contributed by atoms with E-state index in [1.807, 2.05) is 48.5 Å². The third-order valence-corrected chi connectivity index (χ3v) is 4.24. The first-order chi connectivity index (χ1) is 12.5. The molecule has 134 valence electrons. The molecule has 0 unspecified atom stereocenters. The first kappa shape index (κ1) is 17.8. The molecule has 0 saturated heterocycles. The number of fused-ring (bicyclic) bond motifs is 1. The number of aliphatic imine (C=N–C) groups is 1. The van der Waals surface area contributed by atoms with E-state index in [-0.39, 0.29) is 6.61 Å². The van der Waals surface area contributed by atoms with Crippen LogP contribution in [0.5, 0.6) is 0 Å². The Bertz CT molecular complexity index is 848. The van der Waals surface area contributed by atoms with Crippen LogP contribution in [0.1, 0.15) is 25.0 Å². The van der Waals surface area contributed by atoms with Gasteiger partial charge in [-0.15, -0.1) is 0 Å². The number of anilines is 1. The second kappa shape index (κ2) is 7.49. The molecule has 0 fully saturated rings. The predicted molar refractivity (Wildman–Crippen MR) is 100 cm³/mol. The molecule has 2 N–H and O–H groups in total. The van der Waals surface area contributed by atoms with Gasteiger partial charge in [-0.05, 0) is 19.9 Å². The van der Waals surface area contributed by atoms with E-state index in [9.17, 15) is 9.59 Å². The van der Waals surface area contributed by atoms with Crippen molar-refractivity contribution in [1.82, 2.24) is 0 Å². The number of rotatable bonds is 4. The van der Waals surface area contributed by atoms with E-state index in [1.54, 1.807) is 19.9 Å². The fourth-order valence-electron chi connectivity index (χ4n) is 3.00. The lowest BCUT2D eigenvalue weighted by Crippen LogP contribution is -2.50. The Labute approximate surface area is 152 Å². The van der Waals surface area contributed by atoms with Crippen molar-refractivity contribution < 1.29 is 14.3 Å². The van der Waals surface area contributed by atoms with E-state index in [0.29, 0.717) is 11.4 Å². The van der Waals surface area contributed by atoms with Crippen molar-refractivity contribution in [2.75, 3.05) is 11.5 Å². The molecule has 2 atom stereocenters. The van der Waals surface area contributed by atoms with Gasteiger partial charge in [0.05, 0.1) is 18.0 Å². The highest BCUT2D eigenvalue weighted by Crippen LogP contribution is 2.29. The maximum absolute atomic E-state index is 12.9. The number of amides is 1. The van der Waals surface area contributed by atoms with Crippen LogP contribution < -0.4 is 10.6 Å². The van der Waals surface area contributed by atoms with E-state index in [2.05, 4.69) is 4.99 Å². The van der Waals surface area contributed by atoms with Crippen LogP contribution in [0.3, 0.4) is 0 Å². The molecule has 1 amide bonds. The molecule has 1 heterocycles. The van der Waals surface area contributed by atoms with Crippen molar-refractivity contribution >= 4 is 23.3 Å². The first-order valence-electron chi connectivity index (χ1n) is 8.52. The lowest BCUT2D eigenvalue weighted by atomic mass is 10.00. The largest absolute Gasteiger partial charge is 0.464 e. The summed E-state index contributed by atoms with van der Waals surface area (Å²) >= 11 is 0. The zero-order chi connectivity index (χ0) is 18.7. The molecule has 0 aliphatic carbocycles. The lowest BCUT2D eigenvalue weighted by molar-refractivity contribution is -0.145. The number of ether oxygens (including phenoxy) is 1. The Kier molecular flexibility index (Phi) is 5.14. The summed E-state index contributed by atoms with van der Waals surface area (Å²) < 4.78 is 5.10. The van der Waals surface area contributed by atoms with Gasteiger partial charge in [0, 0.05) is 11.1 Å². The number of carbonyl (C=O) groups excluding carboxylic acids is 2. The van der Waals surface area contributed by atoms with Crippen LogP contribution in [0.25, 0.3) is 0 Å². The molecule has 26 heavy (non-hydrogen) atoms. The highest BCUT2D eigenvalue weighted by Gasteiger charge is 2.36. The predicted octanol–water partition coefficient (Wildman–Crippen LogP) is 2.11. The Balaban J connectivity index is 2.15. The fraction of sp³-hybridized carbons (Fsp3) is 0.250.